The van der Waals surface area contributed by atoms with E-state index in [0.29, 0.717) is 11.9 Å². The minimum Gasteiger partial charge on any atom is -0.292 e. The highest BCUT2D eigenvalue weighted by Crippen LogP contribution is 2.30. The van der Waals surface area contributed by atoms with Crippen molar-refractivity contribution in [3.05, 3.63) is 77.4 Å². The number of benzene rings is 1. The molecule has 0 radical (unpaired) electrons. The van der Waals surface area contributed by atoms with E-state index in [1.807, 2.05) is 36.4 Å². The fourth-order valence-electron chi connectivity index (χ4n) is 2.64. The molecule has 0 aliphatic carbocycles. The Morgan fingerprint density at radius 2 is 1.85 bits per heavy atom. The summed E-state index contributed by atoms with van der Waals surface area (Å²) < 4.78 is 39.5. The molecule has 1 aromatic carbocycles. The van der Waals surface area contributed by atoms with E-state index in [0.717, 1.165) is 17.8 Å². The summed E-state index contributed by atoms with van der Waals surface area (Å²) in [6.07, 6.45) is -2.57. The van der Waals surface area contributed by atoms with Crippen LogP contribution in [-0.4, -0.2) is 20.5 Å². The van der Waals surface area contributed by atoms with E-state index < -0.39 is 23.4 Å². The zero-order chi connectivity index (χ0) is 19.6. The van der Waals surface area contributed by atoms with Crippen LogP contribution in [0, 0.1) is 18.3 Å². The molecule has 1 atom stereocenters. The van der Waals surface area contributed by atoms with Crippen LogP contribution < -0.4 is 0 Å². The molecule has 2 heterocycles. The zero-order valence-corrected chi connectivity index (χ0v) is 14.1. The van der Waals surface area contributed by atoms with Gasteiger partial charge in [0.25, 0.3) is 0 Å². The summed E-state index contributed by atoms with van der Waals surface area (Å²) >= 11 is 0. The van der Waals surface area contributed by atoms with E-state index >= 15 is 0 Å². The molecule has 0 saturated carbocycles. The summed E-state index contributed by atoms with van der Waals surface area (Å²) in [4.78, 5) is 16.5. The normalized spacial score (nSPS) is 12.4. The van der Waals surface area contributed by atoms with E-state index in [2.05, 4.69) is 10.1 Å². The molecule has 0 bridgehead atoms. The van der Waals surface area contributed by atoms with Crippen molar-refractivity contribution in [1.82, 2.24) is 14.8 Å². The number of carbonyl (C=O) groups excluding carboxylic acids is 1. The van der Waals surface area contributed by atoms with Crippen molar-refractivity contribution in [2.24, 2.45) is 0 Å². The number of hydrogen-bond donors (Lipinski definition) is 0. The molecule has 136 valence electrons. The number of rotatable bonds is 4. The van der Waals surface area contributed by atoms with Gasteiger partial charge in [-0.05, 0) is 31.2 Å². The van der Waals surface area contributed by atoms with E-state index in [1.54, 1.807) is 11.6 Å². The topological polar surface area (TPSA) is 71.6 Å². The number of alkyl halides is 3. The maximum atomic E-state index is 12.8. The highest BCUT2D eigenvalue weighted by Gasteiger charge is 2.32. The molecule has 0 spiro atoms. The van der Waals surface area contributed by atoms with Crippen LogP contribution in [0.25, 0.3) is 5.69 Å². The second-order valence-electron chi connectivity index (χ2n) is 5.79. The lowest BCUT2D eigenvalue weighted by atomic mass is 9.95. The first kappa shape index (κ1) is 18.3. The van der Waals surface area contributed by atoms with Gasteiger partial charge in [0.15, 0.2) is 11.7 Å². The van der Waals surface area contributed by atoms with E-state index in [-0.39, 0.29) is 11.3 Å². The first-order valence-corrected chi connectivity index (χ1v) is 7.90. The minimum atomic E-state index is -4.54. The Balaban J connectivity index is 1.93. The van der Waals surface area contributed by atoms with Crippen molar-refractivity contribution in [3.63, 3.8) is 0 Å². The maximum absolute atomic E-state index is 12.8. The number of para-hydroxylation sites is 1. The Kier molecular flexibility index (Phi) is 4.77. The zero-order valence-electron chi connectivity index (χ0n) is 14.1. The van der Waals surface area contributed by atoms with Crippen molar-refractivity contribution in [3.8, 4) is 11.8 Å². The number of nitriles is 1. The SMILES string of the molecule is Cc1c(C(=O)C(C#N)c2ccc(C(F)(F)F)cn2)cnn1-c1ccccc1. The Morgan fingerprint density at radius 3 is 2.41 bits per heavy atom. The molecule has 0 aliphatic rings. The molecule has 0 aliphatic heterocycles. The van der Waals surface area contributed by atoms with Gasteiger partial charge in [-0.3, -0.25) is 9.78 Å². The summed E-state index contributed by atoms with van der Waals surface area (Å²) in [7, 11) is 0. The van der Waals surface area contributed by atoms with Gasteiger partial charge in [-0.2, -0.15) is 23.5 Å². The number of hydrogen-bond acceptors (Lipinski definition) is 4. The van der Waals surface area contributed by atoms with E-state index in [1.165, 1.54) is 6.20 Å². The second-order valence-corrected chi connectivity index (χ2v) is 5.79. The third kappa shape index (κ3) is 3.58. The van der Waals surface area contributed by atoms with Crippen LogP contribution in [0.3, 0.4) is 0 Å². The van der Waals surface area contributed by atoms with Crippen molar-refractivity contribution in [2.45, 2.75) is 19.0 Å². The van der Waals surface area contributed by atoms with Gasteiger partial charge in [-0.25, -0.2) is 4.68 Å². The third-order valence-electron chi connectivity index (χ3n) is 4.08. The van der Waals surface area contributed by atoms with Crippen molar-refractivity contribution in [2.75, 3.05) is 0 Å². The largest absolute Gasteiger partial charge is 0.417 e. The highest BCUT2D eigenvalue weighted by atomic mass is 19.4. The number of halogens is 3. The molecule has 3 rings (SSSR count). The van der Waals surface area contributed by atoms with Crippen LogP contribution in [0.15, 0.2) is 54.9 Å². The molecule has 8 heteroatoms. The Labute approximate surface area is 152 Å². The number of Topliss-reactive ketones (excluding diaryl/α,β-unsaturated/α-hetero) is 1. The lowest BCUT2D eigenvalue weighted by molar-refractivity contribution is -0.137. The summed E-state index contributed by atoms with van der Waals surface area (Å²) in [6, 6.07) is 12.8. The average molecular weight is 370 g/mol. The predicted molar refractivity (Wildman–Crippen MR) is 90.2 cm³/mol. The molecule has 0 fully saturated rings. The fourth-order valence-corrected chi connectivity index (χ4v) is 2.64. The highest BCUT2D eigenvalue weighted by molar-refractivity contribution is 6.03. The molecule has 0 N–H and O–H groups in total. The fraction of sp³-hybridized carbons (Fsp3) is 0.158. The van der Waals surface area contributed by atoms with Crippen molar-refractivity contribution < 1.29 is 18.0 Å². The van der Waals surface area contributed by atoms with Gasteiger partial charge in [-0.15, -0.1) is 0 Å². The molecular formula is C19H13F3N4O. The minimum absolute atomic E-state index is 0.0395. The molecule has 27 heavy (non-hydrogen) atoms. The van der Waals surface area contributed by atoms with Gasteiger partial charge in [0.2, 0.25) is 0 Å². The number of ketones is 1. The van der Waals surface area contributed by atoms with Crippen LogP contribution in [0.5, 0.6) is 0 Å². The molecule has 0 saturated heterocycles. The van der Waals surface area contributed by atoms with E-state index in [4.69, 9.17) is 0 Å². The van der Waals surface area contributed by atoms with Gasteiger partial charge < -0.3 is 0 Å². The van der Waals surface area contributed by atoms with Crippen LogP contribution in [0.4, 0.5) is 13.2 Å². The van der Waals surface area contributed by atoms with Crippen molar-refractivity contribution in [1.29, 1.82) is 5.26 Å². The molecule has 1 unspecified atom stereocenters. The van der Waals surface area contributed by atoms with Gasteiger partial charge in [-0.1, -0.05) is 18.2 Å². The molecular weight excluding hydrogens is 357 g/mol. The summed E-state index contributed by atoms with van der Waals surface area (Å²) in [5.74, 6) is -1.89. The lowest BCUT2D eigenvalue weighted by Crippen LogP contribution is -2.15. The van der Waals surface area contributed by atoms with Gasteiger partial charge in [0.05, 0.1) is 40.5 Å². The Bertz CT molecular complexity index is 1000. The molecule has 0 amide bonds. The Morgan fingerprint density at radius 1 is 1.15 bits per heavy atom. The molecule has 3 aromatic rings. The van der Waals surface area contributed by atoms with Gasteiger partial charge in [0.1, 0.15) is 0 Å². The molecule has 5 nitrogen and oxygen atoms in total. The number of pyridine rings is 1. The van der Waals surface area contributed by atoms with Crippen LogP contribution >= 0.6 is 0 Å². The first-order chi connectivity index (χ1) is 12.8. The smallest absolute Gasteiger partial charge is 0.292 e. The first-order valence-electron chi connectivity index (χ1n) is 7.90. The standard InChI is InChI=1S/C19H13F3N4O/c1-12-16(11-25-26(12)14-5-3-2-4-6-14)18(27)15(9-23)17-8-7-13(10-24-17)19(20,21)22/h2-8,10-11,15H,1H3. The number of nitrogens with zero attached hydrogens (tertiary/aromatic N) is 4. The second kappa shape index (κ2) is 7.03. The van der Waals surface area contributed by atoms with Crippen LogP contribution in [0.2, 0.25) is 0 Å². The van der Waals surface area contributed by atoms with Crippen LogP contribution in [-0.2, 0) is 6.18 Å². The van der Waals surface area contributed by atoms with Crippen molar-refractivity contribution >= 4 is 5.78 Å². The monoisotopic (exact) mass is 370 g/mol. The van der Waals surface area contributed by atoms with Crippen LogP contribution in [0.1, 0.15) is 33.2 Å². The third-order valence-corrected chi connectivity index (χ3v) is 4.08. The van der Waals surface area contributed by atoms with E-state index in [9.17, 15) is 23.2 Å². The number of carbonyl (C=O) groups is 1. The lowest BCUT2D eigenvalue weighted by Gasteiger charge is -2.10. The maximum Gasteiger partial charge on any atom is 0.417 e. The number of aromatic nitrogens is 3. The quantitative estimate of drug-likeness (QED) is 0.649. The summed E-state index contributed by atoms with van der Waals surface area (Å²) in [6.45, 7) is 1.68. The Hall–Kier alpha value is -3.47. The van der Waals surface area contributed by atoms with Gasteiger partial charge in [0, 0.05) is 6.20 Å². The average Bonchev–Trinajstić information content (AvgIpc) is 3.04. The predicted octanol–water partition coefficient (Wildman–Crippen LogP) is 4.08. The van der Waals surface area contributed by atoms with Gasteiger partial charge >= 0.3 is 6.18 Å². The summed E-state index contributed by atoms with van der Waals surface area (Å²) in [5.41, 5.74) is 0.506. The molecule has 2 aromatic heterocycles. The summed E-state index contributed by atoms with van der Waals surface area (Å²) in [5, 5.41) is 13.6.